The van der Waals surface area contributed by atoms with Crippen molar-refractivity contribution in [2.75, 3.05) is 7.05 Å². The normalized spacial score (nSPS) is 12.2. The van der Waals surface area contributed by atoms with E-state index < -0.39 is 6.04 Å². The van der Waals surface area contributed by atoms with Crippen LogP contribution in [0.25, 0.3) is 0 Å². The van der Waals surface area contributed by atoms with Gasteiger partial charge in [-0.15, -0.1) is 0 Å². The quantitative estimate of drug-likeness (QED) is 0.865. The monoisotopic (exact) mass is 242 g/mol. The molecule has 68 valence electrons. The molecule has 1 aromatic rings. The summed E-state index contributed by atoms with van der Waals surface area (Å²) in [6.07, 6.45) is 0. The van der Waals surface area contributed by atoms with Crippen molar-refractivity contribution in [1.82, 2.24) is 5.32 Å². The molecule has 0 aliphatic carbocycles. The molecular formula is C9H8BrFN2. The standard InChI is InChI=1S/C9H8BrFN2/c1-13-9(5-12)6-2-3-8(11)7(10)4-6/h2-4,9,13H,1H3. The summed E-state index contributed by atoms with van der Waals surface area (Å²) in [5.74, 6) is -0.323. The van der Waals surface area contributed by atoms with Crippen LogP contribution in [0.3, 0.4) is 0 Å². The van der Waals surface area contributed by atoms with Gasteiger partial charge in [0.05, 0.1) is 10.5 Å². The summed E-state index contributed by atoms with van der Waals surface area (Å²) in [5.41, 5.74) is 0.748. The molecule has 0 saturated heterocycles. The molecule has 0 aliphatic heterocycles. The fourth-order valence-electron chi connectivity index (χ4n) is 0.998. The van der Waals surface area contributed by atoms with E-state index in [0.717, 1.165) is 5.56 Å². The van der Waals surface area contributed by atoms with Crippen LogP contribution < -0.4 is 5.32 Å². The van der Waals surface area contributed by atoms with Gasteiger partial charge in [-0.1, -0.05) is 6.07 Å². The minimum absolute atomic E-state index is 0.323. The number of hydrogen-bond donors (Lipinski definition) is 1. The van der Waals surface area contributed by atoms with Crippen LogP contribution >= 0.6 is 15.9 Å². The second-order valence-corrected chi connectivity index (χ2v) is 3.38. The van der Waals surface area contributed by atoms with E-state index >= 15 is 0 Å². The molecule has 1 unspecified atom stereocenters. The Morgan fingerprint density at radius 2 is 2.31 bits per heavy atom. The number of hydrogen-bond acceptors (Lipinski definition) is 2. The van der Waals surface area contributed by atoms with Crippen LogP contribution in [0.4, 0.5) is 4.39 Å². The number of halogens is 2. The first kappa shape index (κ1) is 10.2. The highest BCUT2D eigenvalue weighted by Crippen LogP contribution is 2.20. The van der Waals surface area contributed by atoms with Crippen molar-refractivity contribution in [3.8, 4) is 6.07 Å². The maximum atomic E-state index is 12.8. The molecule has 0 heterocycles. The van der Waals surface area contributed by atoms with E-state index in [0.29, 0.717) is 4.47 Å². The summed E-state index contributed by atoms with van der Waals surface area (Å²) in [6, 6.07) is 6.19. The van der Waals surface area contributed by atoms with Gasteiger partial charge in [-0.25, -0.2) is 4.39 Å². The zero-order valence-corrected chi connectivity index (χ0v) is 8.60. The van der Waals surface area contributed by atoms with Crippen molar-refractivity contribution < 1.29 is 4.39 Å². The van der Waals surface area contributed by atoms with E-state index in [9.17, 15) is 4.39 Å². The topological polar surface area (TPSA) is 35.8 Å². The number of benzene rings is 1. The Kier molecular flexibility index (Phi) is 3.40. The van der Waals surface area contributed by atoms with E-state index in [1.54, 1.807) is 19.2 Å². The van der Waals surface area contributed by atoms with Crippen LogP contribution in [-0.2, 0) is 0 Å². The van der Waals surface area contributed by atoms with Crippen LogP contribution in [0.2, 0.25) is 0 Å². The Hall–Kier alpha value is -0.920. The predicted octanol–water partition coefficient (Wildman–Crippen LogP) is 2.37. The summed E-state index contributed by atoms with van der Waals surface area (Å²) in [5, 5.41) is 11.5. The lowest BCUT2D eigenvalue weighted by Crippen LogP contribution is -2.14. The first-order valence-corrected chi connectivity index (χ1v) is 4.50. The molecule has 13 heavy (non-hydrogen) atoms. The third-order valence-electron chi connectivity index (χ3n) is 1.69. The van der Waals surface area contributed by atoms with E-state index in [1.807, 2.05) is 0 Å². The van der Waals surface area contributed by atoms with Crippen molar-refractivity contribution >= 4 is 15.9 Å². The lowest BCUT2D eigenvalue weighted by atomic mass is 10.1. The van der Waals surface area contributed by atoms with E-state index in [-0.39, 0.29) is 5.82 Å². The average Bonchev–Trinajstić information content (AvgIpc) is 2.13. The molecule has 0 spiro atoms. The van der Waals surface area contributed by atoms with E-state index in [1.165, 1.54) is 6.07 Å². The molecule has 0 amide bonds. The summed E-state index contributed by atoms with van der Waals surface area (Å²) < 4.78 is 13.2. The van der Waals surface area contributed by atoms with Crippen LogP contribution in [-0.4, -0.2) is 7.05 Å². The molecule has 0 saturated carbocycles. The zero-order valence-electron chi connectivity index (χ0n) is 7.01. The van der Waals surface area contributed by atoms with Crippen LogP contribution in [0.15, 0.2) is 22.7 Å². The average molecular weight is 243 g/mol. The first-order valence-electron chi connectivity index (χ1n) is 3.71. The predicted molar refractivity (Wildman–Crippen MR) is 51.5 cm³/mol. The van der Waals surface area contributed by atoms with Crippen molar-refractivity contribution in [3.05, 3.63) is 34.1 Å². The summed E-state index contributed by atoms with van der Waals surface area (Å²) in [7, 11) is 1.69. The van der Waals surface area contributed by atoms with Gasteiger partial charge in [0.1, 0.15) is 11.9 Å². The number of nitrogens with zero attached hydrogens (tertiary/aromatic N) is 1. The lowest BCUT2D eigenvalue weighted by Gasteiger charge is -2.07. The van der Waals surface area contributed by atoms with Gasteiger partial charge in [0.25, 0.3) is 0 Å². The van der Waals surface area contributed by atoms with Gasteiger partial charge in [-0.2, -0.15) is 5.26 Å². The lowest BCUT2D eigenvalue weighted by molar-refractivity contribution is 0.618. The fraction of sp³-hybridized carbons (Fsp3) is 0.222. The SMILES string of the molecule is CNC(C#N)c1ccc(F)c(Br)c1. The number of nitriles is 1. The zero-order chi connectivity index (χ0) is 9.84. The number of nitrogens with one attached hydrogen (secondary N) is 1. The van der Waals surface area contributed by atoms with Crippen molar-refractivity contribution in [2.24, 2.45) is 0 Å². The molecule has 2 nitrogen and oxygen atoms in total. The van der Waals surface area contributed by atoms with Gasteiger partial charge >= 0.3 is 0 Å². The van der Waals surface area contributed by atoms with Gasteiger partial charge in [0.2, 0.25) is 0 Å². The molecule has 0 bridgehead atoms. The van der Waals surface area contributed by atoms with Crippen molar-refractivity contribution in [1.29, 1.82) is 5.26 Å². The number of rotatable bonds is 2. The Balaban J connectivity index is 3.04. The van der Waals surface area contributed by atoms with Gasteiger partial charge in [0.15, 0.2) is 0 Å². The summed E-state index contributed by atoms with van der Waals surface area (Å²) in [4.78, 5) is 0. The maximum absolute atomic E-state index is 12.8. The molecule has 0 aromatic heterocycles. The van der Waals surface area contributed by atoms with Gasteiger partial charge in [0, 0.05) is 0 Å². The first-order chi connectivity index (χ1) is 6.19. The van der Waals surface area contributed by atoms with Crippen LogP contribution in [0.1, 0.15) is 11.6 Å². The highest BCUT2D eigenvalue weighted by Gasteiger charge is 2.09. The van der Waals surface area contributed by atoms with Crippen molar-refractivity contribution in [2.45, 2.75) is 6.04 Å². The highest BCUT2D eigenvalue weighted by atomic mass is 79.9. The molecule has 0 aliphatic rings. The Labute approximate surface area is 84.5 Å². The molecule has 1 aromatic carbocycles. The second kappa shape index (κ2) is 4.35. The molecule has 0 fully saturated rings. The third kappa shape index (κ3) is 2.27. The van der Waals surface area contributed by atoms with Gasteiger partial charge in [-0.3, -0.25) is 0 Å². The van der Waals surface area contributed by atoms with E-state index in [2.05, 4.69) is 27.3 Å². The second-order valence-electron chi connectivity index (χ2n) is 2.52. The molecule has 0 radical (unpaired) electrons. The molecule has 1 atom stereocenters. The smallest absolute Gasteiger partial charge is 0.137 e. The summed E-state index contributed by atoms with van der Waals surface area (Å²) >= 11 is 3.06. The molecule has 1 N–H and O–H groups in total. The Bertz CT molecular complexity index is 346. The Morgan fingerprint density at radius 1 is 1.62 bits per heavy atom. The minimum Gasteiger partial charge on any atom is -0.301 e. The van der Waals surface area contributed by atoms with Gasteiger partial charge < -0.3 is 5.32 Å². The van der Waals surface area contributed by atoms with Gasteiger partial charge in [-0.05, 0) is 40.7 Å². The van der Waals surface area contributed by atoms with Crippen LogP contribution in [0, 0.1) is 17.1 Å². The largest absolute Gasteiger partial charge is 0.301 e. The fourth-order valence-corrected chi connectivity index (χ4v) is 1.39. The minimum atomic E-state index is -0.392. The Morgan fingerprint density at radius 3 is 2.77 bits per heavy atom. The highest BCUT2D eigenvalue weighted by molar-refractivity contribution is 9.10. The van der Waals surface area contributed by atoms with Crippen molar-refractivity contribution in [3.63, 3.8) is 0 Å². The molecule has 1 rings (SSSR count). The third-order valence-corrected chi connectivity index (χ3v) is 2.30. The molecule has 4 heteroatoms. The molecular weight excluding hydrogens is 235 g/mol. The summed E-state index contributed by atoms with van der Waals surface area (Å²) in [6.45, 7) is 0. The van der Waals surface area contributed by atoms with Crippen LogP contribution in [0.5, 0.6) is 0 Å². The van der Waals surface area contributed by atoms with E-state index in [4.69, 9.17) is 5.26 Å². The maximum Gasteiger partial charge on any atom is 0.137 e.